The van der Waals surface area contributed by atoms with Crippen LogP contribution in [0.1, 0.15) is 38.5 Å². The third-order valence-electron chi connectivity index (χ3n) is 5.67. The highest BCUT2D eigenvalue weighted by molar-refractivity contribution is 6.29. The van der Waals surface area contributed by atoms with Gasteiger partial charge in [-0.3, -0.25) is 10.9 Å². The van der Waals surface area contributed by atoms with Gasteiger partial charge < -0.3 is 5.32 Å². The fourth-order valence-electron chi connectivity index (χ4n) is 5.36. The average Bonchev–Trinajstić information content (AvgIpc) is 2.50. The van der Waals surface area contributed by atoms with Gasteiger partial charge in [-0.15, -0.1) is 21.8 Å². The summed E-state index contributed by atoms with van der Waals surface area (Å²) >= 11 is 12.5. The second-order valence-corrected chi connectivity index (χ2v) is 8.97. The Morgan fingerprint density at radius 2 is 1.96 bits per heavy atom. The molecule has 8 heteroatoms. The van der Waals surface area contributed by atoms with Crippen molar-refractivity contribution in [3.63, 3.8) is 0 Å². The molecule has 0 aliphatic heterocycles. The Hall–Kier alpha value is -1.27. The molecule has 5 rings (SSSR count). The molecule has 4 bridgehead atoms. The van der Waals surface area contributed by atoms with Gasteiger partial charge >= 0.3 is 6.03 Å². The van der Waals surface area contributed by atoms with Crippen LogP contribution in [0.4, 0.5) is 10.6 Å². The van der Waals surface area contributed by atoms with Crippen LogP contribution in [0.3, 0.4) is 0 Å². The van der Waals surface area contributed by atoms with Gasteiger partial charge in [0.15, 0.2) is 11.0 Å². The molecular formula is C16H21Cl2N5O. The van der Waals surface area contributed by atoms with Crippen molar-refractivity contribution in [2.24, 2.45) is 17.3 Å². The molecule has 0 aromatic carbocycles. The molecule has 4 aliphatic carbocycles. The predicted molar refractivity (Wildman–Crippen MR) is 92.9 cm³/mol. The first-order chi connectivity index (χ1) is 11.4. The molecule has 6 nitrogen and oxygen atoms in total. The minimum atomic E-state index is -0.272. The van der Waals surface area contributed by atoms with Crippen LogP contribution >= 0.6 is 23.2 Å². The lowest BCUT2D eigenvalue weighted by Gasteiger charge is -2.60. The molecule has 4 saturated carbocycles. The summed E-state index contributed by atoms with van der Waals surface area (Å²) in [5, 5.41) is 10.8. The first-order valence-corrected chi connectivity index (χ1v) is 9.17. The summed E-state index contributed by atoms with van der Waals surface area (Å²) in [6.07, 6.45) is 7.01. The number of halogens is 2. The normalized spacial score (nSPS) is 36.4. The van der Waals surface area contributed by atoms with Gasteiger partial charge in [0.05, 0.1) is 0 Å². The third kappa shape index (κ3) is 3.26. The molecule has 1 aromatic rings. The number of nitrogens with zero attached hydrogens (tertiary/aromatic N) is 2. The minimum Gasteiger partial charge on any atom is -0.336 e. The molecular weight excluding hydrogens is 349 g/mol. The minimum absolute atomic E-state index is 0.0284. The van der Waals surface area contributed by atoms with E-state index < -0.39 is 0 Å². The van der Waals surface area contributed by atoms with E-state index in [2.05, 4.69) is 26.4 Å². The SMILES string of the molecule is O=C(NCC12CC3CC(CC(Cl)(C3)C1)C2)NNc1ccc(Cl)nn1. The topological polar surface area (TPSA) is 78.9 Å². The Kier molecular flexibility index (Phi) is 4.00. The van der Waals surface area contributed by atoms with Crippen molar-refractivity contribution in [1.29, 1.82) is 0 Å². The number of carbonyl (C=O) groups excluding carboxylic acids is 1. The first kappa shape index (κ1) is 16.2. The fraction of sp³-hybridized carbons (Fsp3) is 0.688. The molecule has 2 amide bonds. The molecule has 24 heavy (non-hydrogen) atoms. The van der Waals surface area contributed by atoms with E-state index in [1.165, 1.54) is 19.3 Å². The van der Waals surface area contributed by atoms with Gasteiger partial charge in [0.25, 0.3) is 0 Å². The maximum atomic E-state index is 12.1. The molecule has 130 valence electrons. The average molecular weight is 370 g/mol. The van der Waals surface area contributed by atoms with Gasteiger partial charge in [-0.25, -0.2) is 4.79 Å². The highest BCUT2D eigenvalue weighted by Crippen LogP contribution is 2.63. The monoisotopic (exact) mass is 369 g/mol. The van der Waals surface area contributed by atoms with E-state index >= 15 is 0 Å². The molecule has 1 heterocycles. The lowest BCUT2D eigenvalue weighted by atomic mass is 9.49. The van der Waals surface area contributed by atoms with E-state index in [1.807, 2.05) is 0 Å². The second kappa shape index (κ2) is 5.92. The van der Waals surface area contributed by atoms with Gasteiger partial charge in [0.1, 0.15) is 0 Å². The quantitative estimate of drug-likeness (QED) is 0.561. The summed E-state index contributed by atoms with van der Waals surface area (Å²) in [6, 6.07) is 2.98. The number of rotatable bonds is 4. The number of hydrogen-bond donors (Lipinski definition) is 3. The van der Waals surface area contributed by atoms with Gasteiger partial charge in [-0.2, -0.15) is 0 Å². The zero-order valence-corrected chi connectivity index (χ0v) is 14.8. The summed E-state index contributed by atoms with van der Waals surface area (Å²) in [5.74, 6) is 1.90. The van der Waals surface area contributed by atoms with Gasteiger partial charge in [0, 0.05) is 11.4 Å². The Bertz CT molecular complexity index is 624. The van der Waals surface area contributed by atoms with Crippen LogP contribution in [0.2, 0.25) is 5.15 Å². The lowest BCUT2D eigenvalue weighted by molar-refractivity contribution is -0.0372. The van der Waals surface area contributed by atoms with Crippen LogP contribution in [0, 0.1) is 17.3 Å². The Morgan fingerprint density at radius 1 is 1.21 bits per heavy atom. The van der Waals surface area contributed by atoms with E-state index in [9.17, 15) is 4.79 Å². The van der Waals surface area contributed by atoms with Crippen molar-refractivity contribution in [1.82, 2.24) is 20.9 Å². The van der Waals surface area contributed by atoms with Crippen molar-refractivity contribution in [2.45, 2.75) is 43.4 Å². The fourth-order valence-corrected chi connectivity index (χ4v) is 6.18. The van der Waals surface area contributed by atoms with E-state index in [-0.39, 0.29) is 16.3 Å². The van der Waals surface area contributed by atoms with Gasteiger partial charge in [-0.1, -0.05) is 11.6 Å². The zero-order chi connectivity index (χ0) is 16.8. The summed E-state index contributed by atoms with van der Waals surface area (Å²) in [7, 11) is 0. The maximum Gasteiger partial charge on any atom is 0.333 e. The van der Waals surface area contributed by atoms with Crippen LogP contribution in [-0.2, 0) is 0 Å². The second-order valence-electron chi connectivity index (χ2n) is 7.79. The lowest BCUT2D eigenvalue weighted by Crippen LogP contribution is -2.57. The van der Waals surface area contributed by atoms with Crippen LogP contribution in [0.25, 0.3) is 0 Å². The number of anilines is 1. The molecule has 3 N–H and O–H groups in total. The molecule has 2 atom stereocenters. The van der Waals surface area contributed by atoms with E-state index in [1.54, 1.807) is 12.1 Å². The van der Waals surface area contributed by atoms with Crippen molar-refractivity contribution < 1.29 is 4.79 Å². The highest BCUT2D eigenvalue weighted by Gasteiger charge is 2.56. The zero-order valence-electron chi connectivity index (χ0n) is 13.3. The number of amides is 2. The van der Waals surface area contributed by atoms with Crippen LogP contribution in [0.15, 0.2) is 12.1 Å². The standard InChI is InChI=1S/C16H21Cl2N5O/c17-12-1-2-13(21-20-12)22-23-14(24)19-9-15-4-10-3-11(5-15)7-16(18,6-10)8-15/h1-2,10-11H,3-9H2,(H,21,22)(H2,19,23,24). The Labute approximate surface area is 151 Å². The summed E-state index contributed by atoms with van der Waals surface area (Å²) in [6.45, 7) is 0.675. The molecule has 0 radical (unpaired) electrons. The summed E-state index contributed by atoms with van der Waals surface area (Å²) in [4.78, 5) is 12.0. The van der Waals surface area contributed by atoms with Crippen LogP contribution in [-0.4, -0.2) is 27.6 Å². The van der Waals surface area contributed by atoms with Gasteiger partial charge in [-0.05, 0) is 67.9 Å². The predicted octanol–water partition coefficient (Wildman–Crippen LogP) is 3.33. The van der Waals surface area contributed by atoms with Crippen molar-refractivity contribution >= 4 is 35.1 Å². The van der Waals surface area contributed by atoms with E-state index in [0.717, 1.165) is 31.1 Å². The van der Waals surface area contributed by atoms with Crippen LogP contribution < -0.4 is 16.2 Å². The number of urea groups is 1. The third-order valence-corrected chi connectivity index (χ3v) is 6.31. The Morgan fingerprint density at radius 3 is 2.58 bits per heavy atom. The highest BCUT2D eigenvalue weighted by atomic mass is 35.5. The largest absolute Gasteiger partial charge is 0.336 e. The number of alkyl halides is 1. The molecule has 0 spiro atoms. The van der Waals surface area contributed by atoms with E-state index in [0.29, 0.717) is 17.5 Å². The van der Waals surface area contributed by atoms with Gasteiger partial charge in [0.2, 0.25) is 0 Å². The number of hydrazine groups is 1. The number of hydrogen-bond acceptors (Lipinski definition) is 4. The number of aromatic nitrogens is 2. The number of carbonyl (C=O) groups is 1. The van der Waals surface area contributed by atoms with Crippen molar-refractivity contribution in [3.8, 4) is 0 Å². The number of nitrogens with one attached hydrogen (secondary N) is 3. The van der Waals surface area contributed by atoms with Crippen LogP contribution in [0.5, 0.6) is 0 Å². The maximum absolute atomic E-state index is 12.1. The van der Waals surface area contributed by atoms with Crippen molar-refractivity contribution in [3.05, 3.63) is 17.3 Å². The molecule has 1 aromatic heterocycles. The first-order valence-electron chi connectivity index (χ1n) is 8.42. The summed E-state index contributed by atoms with van der Waals surface area (Å²) in [5.41, 5.74) is 5.47. The smallest absolute Gasteiger partial charge is 0.333 e. The van der Waals surface area contributed by atoms with Crippen molar-refractivity contribution in [2.75, 3.05) is 12.0 Å². The molecule has 2 unspecified atom stereocenters. The molecule has 4 aliphatic rings. The molecule has 0 saturated heterocycles. The Balaban J connectivity index is 1.30. The summed E-state index contributed by atoms with van der Waals surface area (Å²) < 4.78 is 0. The van der Waals surface area contributed by atoms with E-state index in [4.69, 9.17) is 23.2 Å². The molecule has 4 fully saturated rings.